The number of likely N-dealkylation sites (tertiary alicyclic amines) is 1. The van der Waals surface area contributed by atoms with Crippen molar-refractivity contribution >= 4 is 23.4 Å². The zero-order chi connectivity index (χ0) is 17.6. The summed E-state index contributed by atoms with van der Waals surface area (Å²) in [7, 11) is 0. The van der Waals surface area contributed by atoms with Gasteiger partial charge in [0.05, 0.1) is 29.4 Å². The van der Waals surface area contributed by atoms with Gasteiger partial charge in [0.25, 0.3) is 0 Å². The molecule has 1 N–H and O–H groups in total. The monoisotopic (exact) mass is 361 g/mol. The van der Waals surface area contributed by atoms with Crippen molar-refractivity contribution in [2.75, 3.05) is 13.1 Å². The first-order chi connectivity index (χ1) is 12.1. The van der Waals surface area contributed by atoms with Gasteiger partial charge >= 0.3 is 0 Å². The lowest BCUT2D eigenvalue weighted by atomic mass is 10.1. The van der Waals surface area contributed by atoms with Crippen molar-refractivity contribution in [1.82, 2.24) is 25.0 Å². The fourth-order valence-electron chi connectivity index (χ4n) is 2.85. The first-order valence-corrected chi connectivity index (χ1v) is 8.63. The van der Waals surface area contributed by atoms with E-state index in [9.17, 15) is 9.59 Å². The number of hydrogen-bond acceptors (Lipinski definition) is 4. The summed E-state index contributed by atoms with van der Waals surface area (Å²) in [6, 6.07) is 5.60. The fraction of sp³-hybridized carbons (Fsp3) is 0.412. The number of carbonyl (C=O) groups excluding carboxylic acids is 2. The summed E-state index contributed by atoms with van der Waals surface area (Å²) in [6.45, 7) is 2.11. The Morgan fingerprint density at radius 3 is 3.00 bits per heavy atom. The largest absolute Gasteiger partial charge is 0.356 e. The molecular formula is C17H20ClN5O2. The molecule has 1 saturated heterocycles. The average Bonchev–Trinajstić information content (AvgIpc) is 3.18. The molecule has 0 aliphatic carbocycles. The predicted molar refractivity (Wildman–Crippen MR) is 92.6 cm³/mol. The van der Waals surface area contributed by atoms with E-state index in [2.05, 4.69) is 15.4 Å². The summed E-state index contributed by atoms with van der Waals surface area (Å²) >= 11 is 5.80. The van der Waals surface area contributed by atoms with Crippen LogP contribution in [-0.4, -0.2) is 44.6 Å². The highest BCUT2D eigenvalue weighted by Gasteiger charge is 2.34. The predicted octanol–water partition coefficient (Wildman–Crippen LogP) is 1.49. The van der Waals surface area contributed by atoms with Gasteiger partial charge in [0.15, 0.2) is 0 Å². The summed E-state index contributed by atoms with van der Waals surface area (Å²) in [6.07, 6.45) is 6.04. The Kier molecular flexibility index (Phi) is 5.65. The molecule has 3 rings (SSSR count). The van der Waals surface area contributed by atoms with Gasteiger partial charge in [-0.2, -0.15) is 5.10 Å². The van der Waals surface area contributed by atoms with Crippen molar-refractivity contribution in [3.8, 4) is 0 Å². The van der Waals surface area contributed by atoms with Gasteiger partial charge in [-0.1, -0.05) is 17.7 Å². The SMILES string of the molecule is O=C(NCCCn1cc(Cl)cn1)[C@@H]1CC(=O)N(Cc2ccccn2)C1. The third-order valence-corrected chi connectivity index (χ3v) is 4.32. The van der Waals surface area contributed by atoms with Crippen LogP contribution in [0.25, 0.3) is 0 Å². The second kappa shape index (κ2) is 8.11. The highest BCUT2D eigenvalue weighted by molar-refractivity contribution is 6.30. The maximum Gasteiger partial charge on any atom is 0.225 e. The molecule has 2 aromatic heterocycles. The topological polar surface area (TPSA) is 80.1 Å². The first kappa shape index (κ1) is 17.4. The van der Waals surface area contributed by atoms with Crippen molar-refractivity contribution < 1.29 is 9.59 Å². The standard InChI is InChI=1S/C17H20ClN5O2/c18-14-9-21-23(11-14)7-3-6-20-17(25)13-8-16(24)22(10-13)12-15-4-1-2-5-19-15/h1-2,4-5,9,11,13H,3,6-8,10,12H2,(H,20,25)/t13-/m1/s1. The van der Waals surface area contributed by atoms with Gasteiger partial charge in [-0.25, -0.2) is 0 Å². The maximum absolute atomic E-state index is 12.3. The molecule has 3 heterocycles. The van der Waals surface area contributed by atoms with E-state index in [0.717, 1.165) is 12.1 Å². The first-order valence-electron chi connectivity index (χ1n) is 8.25. The molecule has 2 amide bonds. The summed E-state index contributed by atoms with van der Waals surface area (Å²) in [4.78, 5) is 30.3. The number of nitrogens with one attached hydrogen (secondary N) is 1. The van der Waals surface area contributed by atoms with Gasteiger partial charge in [0.2, 0.25) is 11.8 Å². The van der Waals surface area contributed by atoms with Crippen LogP contribution in [0.1, 0.15) is 18.5 Å². The Bertz CT molecular complexity index is 734. The van der Waals surface area contributed by atoms with E-state index >= 15 is 0 Å². The van der Waals surface area contributed by atoms with Crippen LogP contribution in [0.4, 0.5) is 0 Å². The number of aryl methyl sites for hydroxylation is 1. The van der Waals surface area contributed by atoms with Crippen LogP contribution >= 0.6 is 11.6 Å². The molecule has 1 atom stereocenters. The van der Waals surface area contributed by atoms with Crippen LogP contribution in [0.2, 0.25) is 5.02 Å². The van der Waals surface area contributed by atoms with Gasteiger partial charge in [0.1, 0.15) is 0 Å². The molecule has 1 fully saturated rings. The third kappa shape index (κ3) is 4.79. The number of carbonyl (C=O) groups is 2. The van der Waals surface area contributed by atoms with Gasteiger partial charge in [-0.15, -0.1) is 0 Å². The highest BCUT2D eigenvalue weighted by Crippen LogP contribution is 2.19. The summed E-state index contributed by atoms with van der Waals surface area (Å²) in [5.41, 5.74) is 0.829. The quantitative estimate of drug-likeness (QED) is 0.758. The Balaban J connectivity index is 1.41. The molecule has 7 nitrogen and oxygen atoms in total. The lowest BCUT2D eigenvalue weighted by Crippen LogP contribution is -2.33. The maximum atomic E-state index is 12.3. The Morgan fingerprint density at radius 1 is 1.40 bits per heavy atom. The minimum absolute atomic E-state index is 0.00279. The number of pyridine rings is 1. The van der Waals surface area contributed by atoms with E-state index in [0.29, 0.717) is 31.2 Å². The van der Waals surface area contributed by atoms with Crippen LogP contribution in [0.5, 0.6) is 0 Å². The van der Waals surface area contributed by atoms with E-state index in [1.165, 1.54) is 0 Å². The second-order valence-electron chi connectivity index (χ2n) is 6.06. The van der Waals surface area contributed by atoms with Gasteiger partial charge < -0.3 is 10.2 Å². The van der Waals surface area contributed by atoms with Crippen LogP contribution in [0.15, 0.2) is 36.8 Å². The average molecular weight is 362 g/mol. The minimum Gasteiger partial charge on any atom is -0.356 e. The normalized spacial score (nSPS) is 17.1. The van der Waals surface area contributed by atoms with Crippen LogP contribution in [-0.2, 0) is 22.7 Å². The lowest BCUT2D eigenvalue weighted by Gasteiger charge is -2.16. The third-order valence-electron chi connectivity index (χ3n) is 4.13. The van der Waals surface area contributed by atoms with E-state index < -0.39 is 0 Å². The molecule has 0 saturated carbocycles. The van der Waals surface area contributed by atoms with Crippen molar-refractivity contribution in [3.05, 3.63) is 47.5 Å². The van der Waals surface area contributed by atoms with Gasteiger partial charge in [-0.05, 0) is 18.6 Å². The molecule has 132 valence electrons. The number of aromatic nitrogens is 3. The van der Waals surface area contributed by atoms with E-state index in [-0.39, 0.29) is 24.2 Å². The van der Waals surface area contributed by atoms with Crippen LogP contribution in [0.3, 0.4) is 0 Å². The lowest BCUT2D eigenvalue weighted by molar-refractivity contribution is -0.129. The Labute approximate surface area is 151 Å². The molecule has 8 heteroatoms. The number of halogens is 1. The molecule has 2 aromatic rings. The number of rotatable bonds is 7. The van der Waals surface area contributed by atoms with Crippen molar-refractivity contribution in [2.45, 2.75) is 25.9 Å². The molecule has 0 unspecified atom stereocenters. The molecule has 0 bridgehead atoms. The number of hydrogen-bond donors (Lipinski definition) is 1. The zero-order valence-electron chi connectivity index (χ0n) is 13.8. The minimum atomic E-state index is -0.296. The molecular weight excluding hydrogens is 342 g/mol. The smallest absolute Gasteiger partial charge is 0.225 e. The highest BCUT2D eigenvalue weighted by atomic mass is 35.5. The van der Waals surface area contributed by atoms with E-state index in [1.807, 2.05) is 18.2 Å². The molecule has 0 aromatic carbocycles. The molecule has 1 aliphatic heterocycles. The van der Waals surface area contributed by atoms with E-state index in [1.54, 1.807) is 28.2 Å². The molecule has 0 radical (unpaired) electrons. The fourth-order valence-corrected chi connectivity index (χ4v) is 3.00. The Hall–Kier alpha value is -2.41. The second-order valence-corrected chi connectivity index (χ2v) is 6.50. The molecule has 0 spiro atoms. The van der Waals surface area contributed by atoms with Crippen LogP contribution < -0.4 is 5.32 Å². The Morgan fingerprint density at radius 2 is 2.28 bits per heavy atom. The molecule has 25 heavy (non-hydrogen) atoms. The molecule has 1 aliphatic rings. The van der Waals surface area contributed by atoms with Crippen molar-refractivity contribution in [2.24, 2.45) is 5.92 Å². The van der Waals surface area contributed by atoms with Gasteiger partial charge in [0, 0.05) is 38.4 Å². The number of nitrogens with zero attached hydrogens (tertiary/aromatic N) is 4. The van der Waals surface area contributed by atoms with Crippen molar-refractivity contribution in [3.63, 3.8) is 0 Å². The van der Waals surface area contributed by atoms with Crippen LogP contribution in [0, 0.1) is 5.92 Å². The van der Waals surface area contributed by atoms with E-state index in [4.69, 9.17) is 11.6 Å². The summed E-state index contributed by atoms with van der Waals surface area (Å²) < 4.78 is 1.74. The number of amides is 2. The van der Waals surface area contributed by atoms with Gasteiger partial charge in [-0.3, -0.25) is 19.3 Å². The summed E-state index contributed by atoms with van der Waals surface area (Å²) in [5, 5.41) is 7.58. The zero-order valence-corrected chi connectivity index (χ0v) is 14.5. The summed E-state index contributed by atoms with van der Waals surface area (Å²) in [5.74, 6) is -0.372. The van der Waals surface area contributed by atoms with Crippen molar-refractivity contribution in [1.29, 1.82) is 0 Å².